The Balaban J connectivity index is 2.30. The number of hydrogen-bond donors (Lipinski definition) is 2. The standard InChI is InChI=1S/C15H14BrFN2O/c1-9-3-5-11(13(7-9)18-2)15(20)19-14-8-10(17)4-6-12(14)16/h3-8,18H,1-2H3,(H,19,20). The van der Waals surface area contributed by atoms with Crippen LogP contribution in [0.15, 0.2) is 40.9 Å². The van der Waals surface area contributed by atoms with Gasteiger partial charge in [0.25, 0.3) is 5.91 Å². The quantitative estimate of drug-likeness (QED) is 0.882. The molecule has 0 aliphatic heterocycles. The van der Waals surface area contributed by atoms with Crippen molar-refractivity contribution >= 4 is 33.2 Å². The Bertz CT molecular complexity index is 658. The molecule has 5 heteroatoms. The SMILES string of the molecule is CNc1cc(C)ccc1C(=O)Nc1cc(F)ccc1Br. The number of aryl methyl sites for hydroxylation is 1. The second-order valence-corrected chi connectivity index (χ2v) is 5.23. The van der Waals surface area contributed by atoms with E-state index in [4.69, 9.17) is 0 Å². The van der Waals surface area contributed by atoms with Gasteiger partial charge in [-0.05, 0) is 58.7 Å². The van der Waals surface area contributed by atoms with Crippen molar-refractivity contribution in [1.29, 1.82) is 0 Å². The van der Waals surface area contributed by atoms with E-state index in [1.165, 1.54) is 12.1 Å². The van der Waals surface area contributed by atoms with Gasteiger partial charge in [-0.1, -0.05) is 6.07 Å². The predicted molar refractivity (Wildman–Crippen MR) is 82.8 cm³/mol. The average molecular weight is 337 g/mol. The van der Waals surface area contributed by atoms with Gasteiger partial charge in [0.2, 0.25) is 0 Å². The maximum atomic E-state index is 13.2. The van der Waals surface area contributed by atoms with Crippen LogP contribution in [-0.2, 0) is 0 Å². The first-order chi connectivity index (χ1) is 9.51. The Hall–Kier alpha value is -1.88. The molecule has 104 valence electrons. The third-order valence-electron chi connectivity index (χ3n) is 2.87. The molecule has 0 unspecified atom stereocenters. The summed E-state index contributed by atoms with van der Waals surface area (Å²) >= 11 is 3.28. The first-order valence-electron chi connectivity index (χ1n) is 6.06. The number of amides is 1. The molecule has 2 aromatic carbocycles. The van der Waals surface area contributed by atoms with Crippen molar-refractivity contribution in [2.24, 2.45) is 0 Å². The van der Waals surface area contributed by atoms with E-state index in [0.717, 1.165) is 11.3 Å². The van der Waals surface area contributed by atoms with Gasteiger partial charge < -0.3 is 10.6 Å². The maximum absolute atomic E-state index is 13.2. The van der Waals surface area contributed by atoms with E-state index in [0.29, 0.717) is 15.7 Å². The smallest absolute Gasteiger partial charge is 0.257 e. The highest BCUT2D eigenvalue weighted by atomic mass is 79.9. The maximum Gasteiger partial charge on any atom is 0.257 e. The molecule has 0 fully saturated rings. The summed E-state index contributed by atoms with van der Waals surface area (Å²) in [5.74, 6) is -0.693. The minimum atomic E-state index is -0.402. The Labute approximate surface area is 125 Å². The number of anilines is 2. The van der Waals surface area contributed by atoms with Crippen LogP contribution < -0.4 is 10.6 Å². The normalized spacial score (nSPS) is 10.2. The van der Waals surface area contributed by atoms with Crippen LogP contribution in [-0.4, -0.2) is 13.0 Å². The van der Waals surface area contributed by atoms with Gasteiger partial charge in [0.05, 0.1) is 11.3 Å². The fraction of sp³-hybridized carbons (Fsp3) is 0.133. The molecule has 0 saturated heterocycles. The number of halogens is 2. The third-order valence-corrected chi connectivity index (χ3v) is 3.56. The van der Waals surface area contributed by atoms with E-state index in [-0.39, 0.29) is 5.91 Å². The number of carbonyl (C=O) groups is 1. The molecule has 2 N–H and O–H groups in total. The van der Waals surface area contributed by atoms with Crippen LogP contribution >= 0.6 is 15.9 Å². The summed E-state index contributed by atoms with van der Waals surface area (Å²) < 4.78 is 13.8. The van der Waals surface area contributed by atoms with Crippen LogP contribution in [0, 0.1) is 12.7 Å². The predicted octanol–water partition coefficient (Wildman–Crippen LogP) is 4.19. The summed E-state index contributed by atoms with van der Waals surface area (Å²) in [5, 5.41) is 5.68. The first-order valence-corrected chi connectivity index (χ1v) is 6.85. The average Bonchev–Trinajstić information content (AvgIpc) is 2.42. The molecule has 1 amide bonds. The van der Waals surface area contributed by atoms with Crippen molar-refractivity contribution in [2.75, 3.05) is 17.7 Å². The van der Waals surface area contributed by atoms with Gasteiger partial charge in [-0.15, -0.1) is 0 Å². The summed E-state index contributed by atoms with van der Waals surface area (Å²) in [6.45, 7) is 1.95. The van der Waals surface area contributed by atoms with Gasteiger partial charge in [-0.3, -0.25) is 4.79 Å². The number of hydrogen-bond acceptors (Lipinski definition) is 2. The molecule has 0 radical (unpaired) electrons. The van der Waals surface area contributed by atoms with Crippen LogP contribution in [0.4, 0.5) is 15.8 Å². The van der Waals surface area contributed by atoms with Gasteiger partial charge in [-0.2, -0.15) is 0 Å². The first kappa shape index (κ1) is 14.5. The van der Waals surface area contributed by atoms with Gasteiger partial charge >= 0.3 is 0 Å². The summed E-state index contributed by atoms with van der Waals surface area (Å²) in [6.07, 6.45) is 0. The lowest BCUT2D eigenvalue weighted by molar-refractivity contribution is 0.102. The third kappa shape index (κ3) is 3.17. The molecule has 0 aliphatic rings. The highest BCUT2D eigenvalue weighted by Crippen LogP contribution is 2.25. The topological polar surface area (TPSA) is 41.1 Å². The van der Waals surface area contributed by atoms with Crippen molar-refractivity contribution in [3.05, 3.63) is 57.8 Å². The number of rotatable bonds is 3. The number of nitrogens with one attached hydrogen (secondary N) is 2. The molecule has 0 spiro atoms. The molecule has 3 nitrogen and oxygen atoms in total. The van der Waals surface area contributed by atoms with Crippen molar-refractivity contribution in [3.63, 3.8) is 0 Å². The van der Waals surface area contributed by atoms with Crippen molar-refractivity contribution in [1.82, 2.24) is 0 Å². The second-order valence-electron chi connectivity index (χ2n) is 4.38. The van der Waals surface area contributed by atoms with Crippen LogP contribution in [0.2, 0.25) is 0 Å². The van der Waals surface area contributed by atoms with Gasteiger partial charge in [-0.25, -0.2) is 4.39 Å². The zero-order valence-corrected chi connectivity index (χ0v) is 12.7. The van der Waals surface area contributed by atoms with Crippen molar-refractivity contribution in [2.45, 2.75) is 6.92 Å². The summed E-state index contributed by atoms with van der Waals surface area (Å²) in [6, 6.07) is 9.63. The van der Waals surface area contributed by atoms with E-state index in [2.05, 4.69) is 26.6 Å². The van der Waals surface area contributed by atoms with Gasteiger partial charge in [0, 0.05) is 17.2 Å². The largest absolute Gasteiger partial charge is 0.387 e. The van der Waals surface area contributed by atoms with E-state index >= 15 is 0 Å². The highest BCUT2D eigenvalue weighted by Gasteiger charge is 2.13. The zero-order valence-electron chi connectivity index (χ0n) is 11.1. The fourth-order valence-corrected chi connectivity index (χ4v) is 2.19. The molecule has 2 rings (SSSR count). The Kier molecular flexibility index (Phi) is 4.39. The lowest BCUT2D eigenvalue weighted by atomic mass is 10.1. The Morgan fingerprint density at radius 1 is 1.15 bits per heavy atom. The van der Waals surface area contributed by atoms with E-state index in [1.807, 2.05) is 19.1 Å². The molecule has 0 heterocycles. The van der Waals surface area contributed by atoms with Crippen molar-refractivity contribution < 1.29 is 9.18 Å². The molecule has 0 bridgehead atoms. The lowest BCUT2D eigenvalue weighted by Crippen LogP contribution is -2.14. The zero-order chi connectivity index (χ0) is 14.7. The van der Waals surface area contributed by atoms with E-state index in [1.54, 1.807) is 19.2 Å². The van der Waals surface area contributed by atoms with E-state index < -0.39 is 5.82 Å². The molecule has 0 atom stereocenters. The number of benzene rings is 2. The molecule has 0 aromatic heterocycles. The highest BCUT2D eigenvalue weighted by molar-refractivity contribution is 9.10. The van der Waals surface area contributed by atoms with Gasteiger partial charge in [0.15, 0.2) is 0 Å². The van der Waals surface area contributed by atoms with Crippen LogP contribution in [0.3, 0.4) is 0 Å². The lowest BCUT2D eigenvalue weighted by Gasteiger charge is -2.11. The summed E-state index contributed by atoms with van der Waals surface area (Å²) in [7, 11) is 1.75. The number of carbonyl (C=O) groups excluding carboxylic acids is 1. The minimum absolute atomic E-state index is 0.291. The second kappa shape index (κ2) is 6.05. The van der Waals surface area contributed by atoms with Crippen LogP contribution in [0.5, 0.6) is 0 Å². The van der Waals surface area contributed by atoms with Crippen LogP contribution in [0.1, 0.15) is 15.9 Å². The van der Waals surface area contributed by atoms with Crippen LogP contribution in [0.25, 0.3) is 0 Å². The fourth-order valence-electron chi connectivity index (χ4n) is 1.85. The summed E-state index contributed by atoms with van der Waals surface area (Å²) in [5.41, 5.74) is 2.69. The van der Waals surface area contributed by atoms with Gasteiger partial charge in [0.1, 0.15) is 5.82 Å². The minimum Gasteiger partial charge on any atom is -0.387 e. The molecule has 2 aromatic rings. The molecular formula is C15H14BrFN2O. The monoisotopic (exact) mass is 336 g/mol. The Morgan fingerprint density at radius 2 is 1.90 bits per heavy atom. The molecule has 20 heavy (non-hydrogen) atoms. The molecule has 0 saturated carbocycles. The Morgan fingerprint density at radius 3 is 2.60 bits per heavy atom. The summed E-state index contributed by atoms with van der Waals surface area (Å²) in [4.78, 5) is 12.3. The van der Waals surface area contributed by atoms with E-state index in [9.17, 15) is 9.18 Å². The molecule has 0 aliphatic carbocycles. The van der Waals surface area contributed by atoms with Crippen molar-refractivity contribution in [3.8, 4) is 0 Å². The molecular weight excluding hydrogens is 323 g/mol.